The second-order valence-corrected chi connectivity index (χ2v) is 15.7. The molecule has 1 aliphatic carbocycles. The van der Waals surface area contributed by atoms with E-state index in [0.717, 1.165) is 70.4 Å². The van der Waals surface area contributed by atoms with Crippen molar-refractivity contribution in [3.63, 3.8) is 0 Å². The Morgan fingerprint density at radius 3 is 2.29 bits per heavy atom. The highest BCUT2D eigenvalue weighted by molar-refractivity contribution is 5.74. The van der Waals surface area contributed by atoms with Crippen LogP contribution in [0.5, 0.6) is 5.75 Å². The van der Waals surface area contributed by atoms with Crippen LogP contribution >= 0.6 is 0 Å². The van der Waals surface area contributed by atoms with E-state index in [1.807, 2.05) is 39.0 Å². The molecule has 2 unspecified atom stereocenters. The molecule has 2 atom stereocenters. The van der Waals surface area contributed by atoms with Crippen LogP contribution < -0.4 is 10.6 Å². The van der Waals surface area contributed by atoms with Crippen LogP contribution in [0.1, 0.15) is 72.1 Å². The number of phenolic OH excluding ortho intramolecular Hbond substituents is 1. The molecule has 2 bridgehead atoms. The maximum absolute atomic E-state index is 16.4. The van der Waals surface area contributed by atoms with Crippen LogP contribution in [0.2, 0.25) is 0 Å². The highest BCUT2D eigenvalue weighted by atomic mass is 19.1. The molecular weight excluding hydrogens is 613 g/mol. The number of halogens is 1. The number of nitrogens with zero attached hydrogens (tertiary/aromatic N) is 6. The Labute approximate surface area is 283 Å². The van der Waals surface area contributed by atoms with Crippen LogP contribution in [0, 0.1) is 0 Å². The lowest BCUT2D eigenvalue weighted by Crippen LogP contribution is -2.60. The van der Waals surface area contributed by atoms with E-state index in [4.69, 9.17) is 15.2 Å². The fraction of sp³-hybridized carbons (Fsp3) is 0.694. The molecule has 262 valence electrons. The zero-order valence-electron chi connectivity index (χ0n) is 28.7. The number of ether oxygens (including phenoxy) is 2. The first-order valence-electron chi connectivity index (χ1n) is 17.9. The van der Waals surface area contributed by atoms with Gasteiger partial charge in [0, 0.05) is 69.5 Å². The number of piperazine rings is 1. The lowest BCUT2D eigenvalue weighted by molar-refractivity contribution is -0.111. The molecule has 0 radical (unpaired) electrons. The SMILES string of the molecule is CC(C)(C)OC(=O)N1CCC(OC2CC(N3CCC(F)(CN4C5CCC4CN(c4cc(-c6ccccc6O)nnc4N)C5)CC3)C2)CC1. The summed E-state index contributed by atoms with van der Waals surface area (Å²) < 4.78 is 28.3. The Morgan fingerprint density at radius 1 is 0.979 bits per heavy atom. The number of amides is 1. The summed E-state index contributed by atoms with van der Waals surface area (Å²) in [4.78, 5) is 21.4. The van der Waals surface area contributed by atoms with Crippen LogP contribution in [0.15, 0.2) is 30.3 Å². The van der Waals surface area contributed by atoms with Gasteiger partial charge in [0.05, 0.1) is 23.6 Å². The number of carbonyl (C=O) groups excluding carboxylic acids is 1. The summed E-state index contributed by atoms with van der Waals surface area (Å²) in [5, 5.41) is 18.8. The number of aromatic nitrogens is 2. The molecule has 3 N–H and O–H groups in total. The number of carbonyl (C=O) groups is 1. The van der Waals surface area contributed by atoms with Crippen molar-refractivity contribution in [3.05, 3.63) is 30.3 Å². The van der Waals surface area contributed by atoms with Crippen LogP contribution in [0.3, 0.4) is 0 Å². The number of nitrogen functional groups attached to an aromatic ring is 1. The number of aromatic hydroxyl groups is 1. The minimum atomic E-state index is -1.17. The van der Waals surface area contributed by atoms with E-state index in [1.54, 1.807) is 17.0 Å². The number of phenols is 1. The van der Waals surface area contributed by atoms with Crippen molar-refractivity contribution >= 4 is 17.6 Å². The molecule has 48 heavy (non-hydrogen) atoms. The Bertz CT molecular complexity index is 1440. The van der Waals surface area contributed by atoms with Gasteiger partial charge in [-0.25, -0.2) is 9.18 Å². The molecule has 4 aliphatic heterocycles. The molecule has 2 aromatic rings. The number of benzene rings is 1. The van der Waals surface area contributed by atoms with Crippen LogP contribution in [0.25, 0.3) is 11.3 Å². The summed E-state index contributed by atoms with van der Waals surface area (Å²) >= 11 is 0. The van der Waals surface area contributed by atoms with Gasteiger partial charge in [-0.15, -0.1) is 10.2 Å². The van der Waals surface area contributed by atoms with E-state index in [9.17, 15) is 9.90 Å². The average molecular weight is 666 g/mol. The van der Waals surface area contributed by atoms with Gasteiger partial charge < -0.3 is 30.1 Å². The van der Waals surface area contributed by atoms with E-state index in [-0.39, 0.29) is 36.1 Å². The van der Waals surface area contributed by atoms with Gasteiger partial charge in [0.25, 0.3) is 0 Å². The minimum Gasteiger partial charge on any atom is -0.507 e. The van der Waals surface area contributed by atoms with Crippen LogP contribution in [0.4, 0.5) is 20.7 Å². The maximum atomic E-state index is 16.4. The lowest BCUT2D eigenvalue weighted by atomic mass is 9.84. The third-order valence-electron chi connectivity index (χ3n) is 11.2. The third kappa shape index (κ3) is 7.21. The highest BCUT2D eigenvalue weighted by Crippen LogP contribution is 2.41. The monoisotopic (exact) mass is 665 g/mol. The molecular formula is C36H52FN7O4. The van der Waals surface area contributed by atoms with Crippen molar-refractivity contribution in [3.8, 4) is 17.0 Å². The number of hydrogen-bond donors (Lipinski definition) is 2. The predicted octanol–water partition coefficient (Wildman–Crippen LogP) is 4.84. The first-order valence-corrected chi connectivity index (χ1v) is 17.9. The number of alkyl halides is 1. The highest BCUT2D eigenvalue weighted by Gasteiger charge is 2.47. The van der Waals surface area contributed by atoms with Gasteiger partial charge in [-0.3, -0.25) is 9.80 Å². The Balaban J connectivity index is 0.859. The van der Waals surface area contributed by atoms with E-state index < -0.39 is 11.3 Å². The van der Waals surface area contributed by atoms with Crippen molar-refractivity contribution in [2.45, 2.75) is 114 Å². The van der Waals surface area contributed by atoms with Crippen molar-refractivity contribution in [1.82, 2.24) is 24.9 Å². The molecule has 0 spiro atoms. The molecule has 1 amide bonds. The quantitative estimate of drug-likeness (QED) is 0.425. The van der Waals surface area contributed by atoms with Crippen molar-refractivity contribution < 1.29 is 23.8 Å². The zero-order chi connectivity index (χ0) is 33.6. The Hall–Kier alpha value is -3.22. The third-order valence-corrected chi connectivity index (χ3v) is 11.2. The van der Waals surface area contributed by atoms with Crippen LogP contribution in [-0.4, -0.2) is 124 Å². The first-order chi connectivity index (χ1) is 22.9. The Morgan fingerprint density at radius 2 is 1.65 bits per heavy atom. The molecule has 11 nitrogen and oxygen atoms in total. The molecule has 5 aliphatic rings. The zero-order valence-corrected chi connectivity index (χ0v) is 28.7. The normalized spacial score (nSPS) is 28.3. The van der Waals surface area contributed by atoms with E-state index in [0.29, 0.717) is 55.6 Å². The second-order valence-electron chi connectivity index (χ2n) is 15.7. The molecule has 1 saturated carbocycles. The summed E-state index contributed by atoms with van der Waals surface area (Å²) in [6, 6.07) is 10.1. The first kappa shape index (κ1) is 33.3. The van der Waals surface area contributed by atoms with E-state index in [2.05, 4.69) is 24.9 Å². The fourth-order valence-electron chi connectivity index (χ4n) is 8.41. The smallest absolute Gasteiger partial charge is 0.410 e. The fourth-order valence-corrected chi connectivity index (χ4v) is 8.41. The van der Waals surface area contributed by atoms with Gasteiger partial charge >= 0.3 is 6.09 Å². The molecule has 5 fully saturated rings. The number of anilines is 2. The number of piperidine rings is 2. The summed E-state index contributed by atoms with van der Waals surface area (Å²) in [6.45, 7) is 10.7. The number of likely N-dealkylation sites (tertiary alicyclic amines) is 2. The number of rotatable bonds is 7. The number of nitrogens with two attached hydrogens (primary N) is 1. The van der Waals surface area contributed by atoms with Gasteiger partial charge in [0.15, 0.2) is 5.82 Å². The number of fused-ring (bicyclic) bond motifs is 2. The summed E-state index contributed by atoms with van der Waals surface area (Å²) in [7, 11) is 0. The molecule has 4 saturated heterocycles. The molecule has 5 heterocycles. The van der Waals surface area contributed by atoms with Crippen molar-refractivity contribution in [2.24, 2.45) is 0 Å². The second kappa shape index (κ2) is 13.2. The van der Waals surface area contributed by atoms with Gasteiger partial charge in [0.2, 0.25) is 0 Å². The molecule has 7 rings (SSSR count). The molecule has 1 aromatic heterocycles. The van der Waals surface area contributed by atoms with Gasteiger partial charge in [-0.05, 0) is 90.3 Å². The molecule has 12 heteroatoms. The molecule has 1 aromatic carbocycles. The van der Waals surface area contributed by atoms with Crippen LogP contribution in [-0.2, 0) is 9.47 Å². The maximum Gasteiger partial charge on any atom is 0.410 e. The van der Waals surface area contributed by atoms with Crippen molar-refractivity contribution in [1.29, 1.82) is 0 Å². The van der Waals surface area contributed by atoms with Crippen molar-refractivity contribution in [2.75, 3.05) is 56.4 Å². The largest absolute Gasteiger partial charge is 0.507 e. The average Bonchev–Trinajstić information content (AvgIpc) is 3.24. The summed E-state index contributed by atoms with van der Waals surface area (Å²) in [5.41, 5.74) is 6.71. The Kier molecular flexibility index (Phi) is 9.18. The minimum absolute atomic E-state index is 0.158. The number of para-hydroxylation sites is 1. The number of hydrogen-bond acceptors (Lipinski definition) is 10. The lowest BCUT2D eigenvalue weighted by Gasteiger charge is -2.49. The topological polar surface area (TPSA) is 121 Å². The summed E-state index contributed by atoms with van der Waals surface area (Å²) in [6.07, 6.45) is 7.18. The van der Waals surface area contributed by atoms with E-state index >= 15 is 4.39 Å². The van der Waals surface area contributed by atoms with E-state index in [1.165, 1.54) is 0 Å². The predicted molar refractivity (Wildman–Crippen MR) is 183 cm³/mol. The van der Waals surface area contributed by atoms with Gasteiger partial charge in [-0.1, -0.05) is 12.1 Å². The van der Waals surface area contributed by atoms with Gasteiger partial charge in [0.1, 0.15) is 17.0 Å². The van der Waals surface area contributed by atoms with Gasteiger partial charge in [-0.2, -0.15) is 0 Å². The summed E-state index contributed by atoms with van der Waals surface area (Å²) in [5.74, 6) is 0.537. The standard InChI is InChI=1S/C36H52FN7O4/c1-35(2,3)48-34(46)42-14-10-27(11-15-42)47-28-18-26(19-28)41-16-12-36(37,13-17-41)23-44-24-8-9-25(44)22-43(21-24)31-20-30(39-40-33(31)38)29-6-4-5-7-32(29)45/h4-7,20,24-28,45H,8-19,21-23H2,1-3H3,(H2,38,40).